The Bertz CT molecular complexity index is 998. The van der Waals surface area contributed by atoms with Gasteiger partial charge in [-0.2, -0.15) is 13.9 Å². The van der Waals surface area contributed by atoms with E-state index >= 15 is 0 Å². The number of aliphatic imine (C=N–C) groups is 1. The number of benzene rings is 1. The molecule has 1 saturated heterocycles. The van der Waals surface area contributed by atoms with Crippen LogP contribution in [0.3, 0.4) is 0 Å². The molecule has 2 aliphatic rings. The van der Waals surface area contributed by atoms with Gasteiger partial charge in [0.05, 0.1) is 13.2 Å². The fraction of sp³-hybridized carbons (Fsp3) is 0.389. The molecule has 2 atom stereocenters. The van der Waals surface area contributed by atoms with Crippen molar-refractivity contribution in [3.05, 3.63) is 47.5 Å². The minimum Gasteiger partial charge on any atom is -0.379 e. The number of ether oxygens (including phenoxy) is 1. The number of nitrogens with one attached hydrogen (secondary N) is 1. The number of amides is 1. The summed E-state index contributed by atoms with van der Waals surface area (Å²) in [6.45, 7) is -0.319. The van der Waals surface area contributed by atoms with Crippen molar-refractivity contribution >= 4 is 28.5 Å². The molecule has 1 aromatic carbocycles. The highest BCUT2D eigenvalue weighted by atomic mass is 32.2. The van der Waals surface area contributed by atoms with Crippen LogP contribution in [0.15, 0.2) is 35.5 Å². The lowest BCUT2D eigenvalue weighted by Gasteiger charge is -2.42. The maximum atomic E-state index is 14.9. The lowest BCUT2D eigenvalue weighted by molar-refractivity contribution is 0.0561. The number of hydrogen-bond acceptors (Lipinski definition) is 6. The van der Waals surface area contributed by atoms with Gasteiger partial charge in [-0.1, -0.05) is 18.7 Å². The van der Waals surface area contributed by atoms with Crippen molar-refractivity contribution in [3.63, 3.8) is 0 Å². The Balaban J connectivity index is 1.68. The molecular formula is C18H18F3N5O2S. The molecule has 154 valence electrons. The standard InChI is InChI=1S/C18H18F3N5O2S/c1-17-7-28-8-18(17,24-16(22)29-9-17)11-6-10(2-3-12(11)19)23-14(27)13-4-5-26(25-13)15(20)21/h2-6,15H,7-9H2,1H3,(H2,22,24)(H,23,27). The van der Waals surface area contributed by atoms with Crippen LogP contribution in [0.1, 0.15) is 29.5 Å². The minimum absolute atomic E-state index is 0.165. The van der Waals surface area contributed by atoms with Gasteiger partial charge in [-0.3, -0.25) is 4.79 Å². The van der Waals surface area contributed by atoms with Crippen LogP contribution in [0.5, 0.6) is 0 Å². The number of amidine groups is 1. The van der Waals surface area contributed by atoms with Crippen LogP contribution in [0.4, 0.5) is 18.9 Å². The van der Waals surface area contributed by atoms with Gasteiger partial charge >= 0.3 is 6.55 Å². The van der Waals surface area contributed by atoms with Gasteiger partial charge in [-0.05, 0) is 24.3 Å². The predicted molar refractivity (Wildman–Crippen MR) is 103 cm³/mol. The molecule has 29 heavy (non-hydrogen) atoms. The summed E-state index contributed by atoms with van der Waals surface area (Å²) in [4.78, 5) is 16.9. The number of hydrogen-bond donors (Lipinski definition) is 2. The maximum Gasteiger partial charge on any atom is 0.333 e. The zero-order valence-corrected chi connectivity index (χ0v) is 16.2. The average molecular weight is 425 g/mol. The van der Waals surface area contributed by atoms with E-state index in [0.29, 0.717) is 22.2 Å². The first kappa shape index (κ1) is 19.8. The normalized spacial score (nSPS) is 26.3. The Hall–Kier alpha value is -2.53. The van der Waals surface area contributed by atoms with E-state index in [2.05, 4.69) is 15.4 Å². The number of nitrogens with zero attached hydrogens (tertiary/aromatic N) is 3. The van der Waals surface area contributed by atoms with Gasteiger partial charge < -0.3 is 15.8 Å². The van der Waals surface area contributed by atoms with E-state index in [9.17, 15) is 18.0 Å². The van der Waals surface area contributed by atoms with E-state index in [0.717, 1.165) is 6.20 Å². The second-order valence-corrected chi connectivity index (χ2v) is 8.26. The molecule has 0 bridgehead atoms. The van der Waals surface area contributed by atoms with Crippen molar-refractivity contribution in [1.29, 1.82) is 0 Å². The molecule has 4 rings (SSSR count). The van der Waals surface area contributed by atoms with Gasteiger partial charge in [-0.15, -0.1) is 0 Å². The summed E-state index contributed by atoms with van der Waals surface area (Å²) in [5.74, 6) is -0.569. The summed E-state index contributed by atoms with van der Waals surface area (Å²) in [5, 5.41) is 6.44. The van der Waals surface area contributed by atoms with Gasteiger partial charge in [-0.25, -0.2) is 14.1 Å². The van der Waals surface area contributed by atoms with Crippen LogP contribution in [-0.2, 0) is 10.3 Å². The molecule has 7 nitrogen and oxygen atoms in total. The molecule has 1 amide bonds. The van der Waals surface area contributed by atoms with Crippen molar-refractivity contribution in [1.82, 2.24) is 9.78 Å². The van der Waals surface area contributed by atoms with Crippen molar-refractivity contribution in [3.8, 4) is 0 Å². The van der Waals surface area contributed by atoms with Crippen LogP contribution in [0, 0.1) is 11.2 Å². The van der Waals surface area contributed by atoms with Crippen LogP contribution in [-0.4, -0.2) is 39.8 Å². The summed E-state index contributed by atoms with van der Waals surface area (Å²) in [6.07, 6.45) is 1.01. The number of nitrogens with two attached hydrogens (primary N) is 1. The van der Waals surface area contributed by atoms with Crippen molar-refractivity contribution in [2.75, 3.05) is 24.3 Å². The van der Waals surface area contributed by atoms with Crippen molar-refractivity contribution in [2.45, 2.75) is 19.0 Å². The minimum atomic E-state index is -2.85. The van der Waals surface area contributed by atoms with Gasteiger partial charge in [0.1, 0.15) is 11.4 Å². The number of carbonyl (C=O) groups is 1. The number of rotatable bonds is 4. The Morgan fingerprint density at radius 2 is 2.17 bits per heavy atom. The average Bonchev–Trinajstić information content (AvgIpc) is 3.29. The number of alkyl halides is 2. The molecule has 0 spiro atoms. The first-order chi connectivity index (χ1) is 13.7. The largest absolute Gasteiger partial charge is 0.379 e. The molecule has 3 heterocycles. The van der Waals surface area contributed by atoms with Crippen LogP contribution in [0.2, 0.25) is 0 Å². The monoisotopic (exact) mass is 425 g/mol. The lowest BCUT2D eigenvalue weighted by Crippen LogP contribution is -2.48. The highest BCUT2D eigenvalue weighted by Gasteiger charge is 2.57. The quantitative estimate of drug-likeness (QED) is 0.786. The van der Waals surface area contributed by atoms with Gasteiger partial charge in [0, 0.05) is 28.6 Å². The smallest absolute Gasteiger partial charge is 0.333 e. The summed E-state index contributed by atoms with van der Waals surface area (Å²) in [7, 11) is 0. The Morgan fingerprint density at radius 3 is 2.90 bits per heavy atom. The third kappa shape index (κ3) is 3.27. The topological polar surface area (TPSA) is 94.5 Å². The van der Waals surface area contributed by atoms with E-state index < -0.39 is 29.2 Å². The zero-order chi connectivity index (χ0) is 20.8. The Kier molecular flexibility index (Phi) is 4.82. The first-order valence-electron chi connectivity index (χ1n) is 8.75. The number of fused-ring (bicyclic) bond motifs is 1. The maximum absolute atomic E-state index is 14.9. The number of anilines is 1. The molecule has 11 heteroatoms. The number of halogens is 3. The lowest BCUT2D eigenvalue weighted by atomic mass is 9.70. The molecule has 1 aromatic heterocycles. The molecule has 2 aromatic rings. The van der Waals surface area contributed by atoms with Crippen molar-refractivity contribution in [2.24, 2.45) is 16.1 Å². The predicted octanol–water partition coefficient (Wildman–Crippen LogP) is 2.96. The molecule has 3 N–H and O–H groups in total. The number of thioether (sulfide) groups is 1. The van der Waals surface area contributed by atoms with E-state index in [1.807, 2.05) is 6.92 Å². The SMILES string of the molecule is CC12COCC1(c1cc(NC(=O)c3ccn(C(F)F)n3)ccc1F)N=C(N)SC2. The zero-order valence-electron chi connectivity index (χ0n) is 15.4. The molecular weight excluding hydrogens is 407 g/mol. The van der Waals surface area contributed by atoms with Crippen molar-refractivity contribution < 1.29 is 22.7 Å². The first-order valence-corrected chi connectivity index (χ1v) is 9.73. The molecule has 1 fully saturated rings. The molecule has 2 aliphatic heterocycles. The van der Waals surface area contributed by atoms with E-state index in [-0.39, 0.29) is 23.6 Å². The second-order valence-electron chi connectivity index (χ2n) is 7.26. The third-order valence-corrected chi connectivity index (χ3v) is 6.45. The van der Waals surface area contributed by atoms with Crippen LogP contribution >= 0.6 is 11.8 Å². The highest BCUT2D eigenvalue weighted by molar-refractivity contribution is 8.13. The van der Waals surface area contributed by atoms with Gasteiger partial charge in [0.25, 0.3) is 5.91 Å². The second kappa shape index (κ2) is 7.06. The molecule has 0 saturated carbocycles. The van der Waals surface area contributed by atoms with E-state index in [1.165, 1.54) is 36.0 Å². The van der Waals surface area contributed by atoms with Crippen LogP contribution < -0.4 is 11.1 Å². The number of carbonyl (C=O) groups excluding carboxylic acids is 1. The summed E-state index contributed by atoms with van der Waals surface area (Å²) in [5.41, 5.74) is 4.82. The molecule has 0 radical (unpaired) electrons. The third-order valence-electron chi connectivity index (χ3n) is 5.28. The van der Waals surface area contributed by atoms with Crippen LogP contribution in [0.25, 0.3) is 0 Å². The van der Waals surface area contributed by atoms with E-state index in [1.54, 1.807) is 0 Å². The summed E-state index contributed by atoms with van der Waals surface area (Å²) in [6, 6.07) is 5.27. The fourth-order valence-corrected chi connectivity index (χ4v) is 4.65. The molecule has 0 aliphatic carbocycles. The van der Waals surface area contributed by atoms with Gasteiger partial charge in [0.15, 0.2) is 10.9 Å². The Morgan fingerprint density at radius 1 is 1.38 bits per heavy atom. The highest BCUT2D eigenvalue weighted by Crippen LogP contribution is 2.53. The number of aromatic nitrogens is 2. The summed E-state index contributed by atoms with van der Waals surface area (Å²) < 4.78 is 46.2. The summed E-state index contributed by atoms with van der Waals surface area (Å²) >= 11 is 1.39. The molecule has 2 unspecified atom stereocenters. The van der Waals surface area contributed by atoms with Gasteiger partial charge in [0.2, 0.25) is 0 Å². The Labute approximate surface area is 168 Å². The fourth-order valence-electron chi connectivity index (χ4n) is 3.65. The van der Waals surface area contributed by atoms with E-state index in [4.69, 9.17) is 10.5 Å².